The molecular weight excluding hydrogens is 330 g/mol. The van der Waals surface area contributed by atoms with Crippen LogP contribution in [0.5, 0.6) is 0 Å². The first-order chi connectivity index (χ1) is 12.6. The molecule has 2 aromatic rings. The van der Waals surface area contributed by atoms with Crippen LogP contribution in [-0.4, -0.2) is 62.7 Å². The predicted octanol–water partition coefficient (Wildman–Crippen LogP) is 2.01. The Labute approximate surface area is 153 Å². The third-order valence-electron chi connectivity index (χ3n) is 4.62. The summed E-state index contributed by atoms with van der Waals surface area (Å²) in [6, 6.07) is 3.27. The smallest absolute Gasteiger partial charge is 0.257 e. The fourth-order valence-electron chi connectivity index (χ4n) is 3.08. The number of carbonyl (C=O) groups is 2. The van der Waals surface area contributed by atoms with Gasteiger partial charge in [-0.2, -0.15) is 0 Å². The lowest BCUT2D eigenvalue weighted by Crippen LogP contribution is -2.57. The van der Waals surface area contributed by atoms with Gasteiger partial charge in [-0.05, 0) is 18.6 Å². The van der Waals surface area contributed by atoms with E-state index in [1.54, 1.807) is 29.2 Å². The van der Waals surface area contributed by atoms with Crippen LogP contribution in [0.1, 0.15) is 36.5 Å². The molecule has 2 aromatic heterocycles. The highest BCUT2D eigenvalue weighted by molar-refractivity contribution is 5.97. The van der Waals surface area contributed by atoms with Crippen molar-refractivity contribution in [2.24, 2.45) is 0 Å². The lowest BCUT2D eigenvalue weighted by atomic mass is 10.0. The second kappa shape index (κ2) is 8.03. The third kappa shape index (κ3) is 3.71. The zero-order valence-electron chi connectivity index (χ0n) is 15.1. The molecule has 136 valence electrons. The SMILES string of the molecule is CCCC[C@H]1C(=O)N(C)CCN1C(=O)c1cnc(-c2cccnc2)nc1. The second-order valence-electron chi connectivity index (χ2n) is 6.45. The van der Waals surface area contributed by atoms with Crippen molar-refractivity contribution >= 4 is 11.8 Å². The fraction of sp³-hybridized carbons (Fsp3) is 0.421. The molecule has 7 heteroatoms. The van der Waals surface area contributed by atoms with Gasteiger partial charge in [0.25, 0.3) is 5.91 Å². The zero-order valence-corrected chi connectivity index (χ0v) is 15.1. The normalized spacial score (nSPS) is 17.5. The van der Waals surface area contributed by atoms with Gasteiger partial charge in [0.1, 0.15) is 6.04 Å². The topological polar surface area (TPSA) is 79.3 Å². The molecule has 0 radical (unpaired) electrons. The van der Waals surface area contributed by atoms with E-state index >= 15 is 0 Å². The van der Waals surface area contributed by atoms with E-state index in [2.05, 4.69) is 21.9 Å². The van der Waals surface area contributed by atoms with Crippen LogP contribution in [0.25, 0.3) is 11.4 Å². The van der Waals surface area contributed by atoms with Gasteiger partial charge >= 0.3 is 0 Å². The molecule has 0 N–H and O–H groups in total. The summed E-state index contributed by atoms with van der Waals surface area (Å²) in [6.07, 6.45) is 8.98. The third-order valence-corrected chi connectivity index (χ3v) is 4.62. The van der Waals surface area contributed by atoms with Gasteiger partial charge in [-0.3, -0.25) is 14.6 Å². The van der Waals surface area contributed by atoms with Crippen LogP contribution in [0, 0.1) is 0 Å². The summed E-state index contributed by atoms with van der Waals surface area (Å²) in [5.41, 5.74) is 1.19. The van der Waals surface area contributed by atoms with E-state index in [0.29, 0.717) is 30.9 Å². The van der Waals surface area contributed by atoms with Crippen molar-refractivity contribution in [3.63, 3.8) is 0 Å². The quantitative estimate of drug-likeness (QED) is 0.821. The lowest BCUT2D eigenvalue weighted by Gasteiger charge is -2.39. The summed E-state index contributed by atoms with van der Waals surface area (Å²) in [5.74, 6) is 0.336. The largest absolute Gasteiger partial charge is 0.342 e. The summed E-state index contributed by atoms with van der Waals surface area (Å²) in [5, 5.41) is 0. The van der Waals surface area contributed by atoms with E-state index in [0.717, 1.165) is 18.4 Å². The minimum atomic E-state index is -0.404. The number of amides is 2. The van der Waals surface area contributed by atoms with E-state index in [1.165, 1.54) is 12.4 Å². The minimum absolute atomic E-state index is 0.00551. The maximum atomic E-state index is 12.9. The molecule has 0 saturated carbocycles. The number of likely N-dealkylation sites (N-methyl/N-ethyl adjacent to an activating group) is 1. The van der Waals surface area contributed by atoms with Crippen LogP contribution in [0.3, 0.4) is 0 Å². The predicted molar refractivity (Wildman–Crippen MR) is 97.2 cm³/mol. The van der Waals surface area contributed by atoms with Gasteiger partial charge in [-0.15, -0.1) is 0 Å². The molecule has 1 aliphatic rings. The summed E-state index contributed by atoms with van der Waals surface area (Å²) in [7, 11) is 1.79. The van der Waals surface area contributed by atoms with Gasteiger partial charge in [0.15, 0.2) is 5.82 Å². The Morgan fingerprint density at radius 2 is 2.00 bits per heavy atom. The Kier molecular flexibility index (Phi) is 5.55. The first kappa shape index (κ1) is 18.0. The van der Waals surface area contributed by atoms with E-state index in [-0.39, 0.29) is 11.8 Å². The number of hydrogen-bond acceptors (Lipinski definition) is 5. The molecule has 1 aliphatic heterocycles. The first-order valence-electron chi connectivity index (χ1n) is 8.90. The molecular formula is C19H23N5O2. The number of nitrogens with zero attached hydrogens (tertiary/aromatic N) is 5. The van der Waals surface area contributed by atoms with Gasteiger partial charge in [0.05, 0.1) is 5.56 Å². The summed E-state index contributed by atoms with van der Waals surface area (Å²) >= 11 is 0. The van der Waals surface area contributed by atoms with Crippen molar-refractivity contribution in [1.29, 1.82) is 0 Å². The van der Waals surface area contributed by atoms with E-state index in [1.807, 2.05) is 12.1 Å². The summed E-state index contributed by atoms with van der Waals surface area (Å²) in [4.78, 5) is 41.4. The van der Waals surface area contributed by atoms with Crippen LogP contribution < -0.4 is 0 Å². The highest BCUT2D eigenvalue weighted by atomic mass is 16.2. The summed E-state index contributed by atoms with van der Waals surface area (Å²) in [6.45, 7) is 3.15. The highest BCUT2D eigenvalue weighted by Gasteiger charge is 2.35. The molecule has 0 bridgehead atoms. The Hall–Kier alpha value is -2.83. The van der Waals surface area contributed by atoms with E-state index in [9.17, 15) is 9.59 Å². The van der Waals surface area contributed by atoms with Crippen LogP contribution in [0.4, 0.5) is 0 Å². The molecule has 3 rings (SSSR count). The molecule has 0 aliphatic carbocycles. The van der Waals surface area contributed by atoms with Gasteiger partial charge in [0.2, 0.25) is 5.91 Å². The monoisotopic (exact) mass is 353 g/mol. The highest BCUT2D eigenvalue weighted by Crippen LogP contribution is 2.19. The molecule has 2 amide bonds. The second-order valence-corrected chi connectivity index (χ2v) is 6.45. The van der Waals surface area contributed by atoms with Crippen LogP contribution >= 0.6 is 0 Å². The van der Waals surface area contributed by atoms with Crippen molar-refractivity contribution in [1.82, 2.24) is 24.8 Å². The number of hydrogen-bond donors (Lipinski definition) is 0. The average molecular weight is 353 g/mol. The van der Waals surface area contributed by atoms with Crippen molar-refractivity contribution in [2.45, 2.75) is 32.2 Å². The Balaban J connectivity index is 1.79. The van der Waals surface area contributed by atoms with Gasteiger partial charge < -0.3 is 9.80 Å². The number of aromatic nitrogens is 3. The maximum Gasteiger partial charge on any atom is 0.257 e. The van der Waals surface area contributed by atoms with Crippen molar-refractivity contribution < 1.29 is 9.59 Å². The molecule has 1 saturated heterocycles. The molecule has 26 heavy (non-hydrogen) atoms. The van der Waals surface area contributed by atoms with Crippen LogP contribution in [0.15, 0.2) is 36.9 Å². The van der Waals surface area contributed by atoms with Gasteiger partial charge in [0, 0.05) is 50.5 Å². The molecule has 1 atom stereocenters. The standard InChI is InChI=1S/C19H23N5O2/c1-3-4-7-16-19(26)23(2)9-10-24(16)18(25)15-12-21-17(22-13-15)14-6-5-8-20-11-14/h5-6,8,11-13,16H,3-4,7,9-10H2,1-2H3/t16-/m0/s1. The fourth-order valence-corrected chi connectivity index (χ4v) is 3.08. The number of piperazine rings is 1. The zero-order chi connectivity index (χ0) is 18.5. The Morgan fingerprint density at radius 1 is 1.23 bits per heavy atom. The molecule has 0 unspecified atom stereocenters. The maximum absolute atomic E-state index is 12.9. The average Bonchev–Trinajstić information content (AvgIpc) is 2.69. The molecule has 1 fully saturated rings. The van der Waals surface area contributed by atoms with Crippen LogP contribution in [-0.2, 0) is 4.79 Å². The minimum Gasteiger partial charge on any atom is -0.342 e. The molecule has 7 nitrogen and oxygen atoms in total. The van der Waals surface area contributed by atoms with Gasteiger partial charge in [-0.25, -0.2) is 9.97 Å². The van der Waals surface area contributed by atoms with E-state index < -0.39 is 6.04 Å². The van der Waals surface area contributed by atoms with Gasteiger partial charge in [-0.1, -0.05) is 19.8 Å². The summed E-state index contributed by atoms with van der Waals surface area (Å²) < 4.78 is 0. The first-order valence-corrected chi connectivity index (χ1v) is 8.90. The Bertz CT molecular complexity index is 763. The number of rotatable bonds is 5. The van der Waals surface area contributed by atoms with E-state index in [4.69, 9.17) is 0 Å². The molecule has 0 aromatic carbocycles. The number of unbranched alkanes of at least 4 members (excludes halogenated alkanes) is 1. The van der Waals surface area contributed by atoms with Crippen molar-refractivity contribution in [3.8, 4) is 11.4 Å². The van der Waals surface area contributed by atoms with Crippen molar-refractivity contribution in [3.05, 3.63) is 42.5 Å². The number of carbonyl (C=O) groups excluding carboxylic acids is 2. The number of pyridine rings is 1. The van der Waals surface area contributed by atoms with Crippen molar-refractivity contribution in [2.75, 3.05) is 20.1 Å². The molecule has 3 heterocycles. The Morgan fingerprint density at radius 3 is 2.65 bits per heavy atom. The molecule has 0 spiro atoms. The lowest BCUT2D eigenvalue weighted by molar-refractivity contribution is -0.138. The van der Waals surface area contributed by atoms with Crippen LogP contribution in [0.2, 0.25) is 0 Å².